The Morgan fingerprint density at radius 1 is 0.786 bits per heavy atom. The number of ether oxygens (including phenoxy) is 3. The highest BCUT2D eigenvalue weighted by atomic mass is 35.5. The maximum atomic E-state index is 14.0. The van der Waals surface area contributed by atoms with Gasteiger partial charge in [0.15, 0.2) is 0 Å². The smallest absolute Gasteiger partial charge is 0.410 e. The van der Waals surface area contributed by atoms with Crippen molar-refractivity contribution in [1.82, 2.24) is 15.1 Å². The third-order valence-electron chi connectivity index (χ3n) is 10.3. The quantitative estimate of drug-likeness (QED) is 0.279. The number of alkyl halides is 4. The molecule has 1 N–H and O–H groups in total. The number of hydrogen-bond donors (Lipinski definition) is 1. The zero-order valence-corrected chi connectivity index (χ0v) is 34.8. The molecule has 2 aromatic rings. The number of morpholine rings is 2. The Labute approximate surface area is 339 Å². The highest BCUT2D eigenvalue weighted by Gasteiger charge is 2.44. The Bertz CT molecular complexity index is 1490. The largest absolute Gasteiger partial charge is 0.444 e. The fourth-order valence-electron chi connectivity index (χ4n) is 7.18. The molecule has 0 aromatic heterocycles. The number of carbonyl (C=O) groups excluding carboxylic acids is 2. The van der Waals surface area contributed by atoms with E-state index in [1.165, 1.54) is 6.42 Å². The lowest BCUT2D eigenvalue weighted by Gasteiger charge is -2.47. The Kier molecular flexibility index (Phi) is 17.3. The summed E-state index contributed by atoms with van der Waals surface area (Å²) in [6.45, 7) is 9.36. The van der Waals surface area contributed by atoms with Crippen LogP contribution < -0.4 is 5.32 Å². The van der Waals surface area contributed by atoms with Crippen LogP contribution in [0.5, 0.6) is 0 Å². The van der Waals surface area contributed by atoms with Crippen LogP contribution in [-0.2, 0) is 31.8 Å². The number of nitrogens with one attached hydrogen (secondary N) is 1. The van der Waals surface area contributed by atoms with E-state index in [1.807, 2.05) is 69.3 Å². The van der Waals surface area contributed by atoms with E-state index in [4.69, 9.17) is 37.4 Å². The molecule has 4 aliphatic rings. The molecule has 314 valence electrons. The Balaban J connectivity index is 0.000000232. The molecule has 14 heteroatoms. The fourth-order valence-corrected chi connectivity index (χ4v) is 7.43. The zero-order valence-electron chi connectivity index (χ0n) is 33.3. The summed E-state index contributed by atoms with van der Waals surface area (Å²) in [6, 6.07) is 15.3. The van der Waals surface area contributed by atoms with Gasteiger partial charge >= 0.3 is 6.09 Å². The van der Waals surface area contributed by atoms with Gasteiger partial charge in [0, 0.05) is 81.0 Å². The first-order valence-electron chi connectivity index (χ1n) is 19.7. The molecule has 0 radical (unpaired) electrons. The fraction of sp³-hybridized carbons (Fsp3) is 0.667. The predicted octanol–water partition coefficient (Wildman–Crippen LogP) is 9.42. The van der Waals surface area contributed by atoms with Crippen LogP contribution >= 0.6 is 23.2 Å². The van der Waals surface area contributed by atoms with Crippen LogP contribution in [-0.4, -0.2) is 109 Å². The van der Waals surface area contributed by atoms with Gasteiger partial charge in [0.1, 0.15) is 23.6 Å². The van der Waals surface area contributed by atoms with Crippen molar-refractivity contribution in [3.05, 3.63) is 69.7 Å². The Morgan fingerprint density at radius 3 is 1.75 bits per heavy atom. The molecule has 56 heavy (non-hydrogen) atoms. The summed E-state index contributed by atoms with van der Waals surface area (Å²) in [5.74, 6) is -5.23. The van der Waals surface area contributed by atoms with Gasteiger partial charge in [-0.15, -0.1) is 0 Å². The molecule has 6 rings (SSSR count). The average Bonchev–Trinajstić information content (AvgIpc) is 3.13. The highest BCUT2D eigenvalue weighted by Crippen LogP contribution is 2.31. The zero-order chi connectivity index (χ0) is 41.1. The minimum atomic E-state index is -2.90. The van der Waals surface area contributed by atoms with Gasteiger partial charge in [-0.3, -0.25) is 9.69 Å². The maximum absolute atomic E-state index is 14.0. The highest BCUT2D eigenvalue weighted by molar-refractivity contribution is 6.30. The molecular formula is C42H59Cl2F4N3O5. The molecule has 0 spiro atoms. The topological polar surface area (TPSA) is 80.3 Å². The molecule has 1 amide bonds. The molecule has 0 unspecified atom stereocenters. The van der Waals surface area contributed by atoms with Crippen molar-refractivity contribution < 1.29 is 41.4 Å². The van der Waals surface area contributed by atoms with Crippen molar-refractivity contribution in [1.29, 1.82) is 0 Å². The van der Waals surface area contributed by atoms with Crippen LogP contribution in [0.4, 0.5) is 22.4 Å². The number of piperidine rings is 1. The average molecular weight is 833 g/mol. The molecule has 2 aromatic carbocycles. The molecule has 4 atom stereocenters. The monoisotopic (exact) mass is 831 g/mol. The van der Waals surface area contributed by atoms with E-state index in [9.17, 15) is 27.2 Å². The summed E-state index contributed by atoms with van der Waals surface area (Å²) >= 11 is 11.8. The van der Waals surface area contributed by atoms with E-state index in [0.29, 0.717) is 41.9 Å². The van der Waals surface area contributed by atoms with E-state index >= 15 is 0 Å². The van der Waals surface area contributed by atoms with Gasteiger partial charge in [-0.05, 0) is 94.7 Å². The van der Waals surface area contributed by atoms with E-state index in [-0.39, 0.29) is 43.9 Å². The van der Waals surface area contributed by atoms with Gasteiger partial charge in [0.25, 0.3) is 11.8 Å². The second-order valence-corrected chi connectivity index (χ2v) is 17.3. The van der Waals surface area contributed by atoms with Gasteiger partial charge in [-0.2, -0.15) is 0 Å². The molecule has 3 heterocycles. The first-order valence-corrected chi connectivity index (χ1v) is 20.5. The molecular weight excluding hydrogens is 773 g/mol. The lowest BCUT2D eigenvalue weighted by atomic mass is 9.95. The summed E-state index contributed by atoms with van der Waals surface area (Å²) in [7, 11) is 0. The SMILES string of the molecule is CC(C)(C)OC(=O)N1CCC(N2C[C@H](C(C)(F)F)OC[C@@H]2Cc2ccc(Cl)cc2)CC1.CC(F)(F)[C@H]1CN[C@@H](Cc2ccc(Cl)cc2)CO1.O=C1CCCCC1. The van der Waals surface area contributed by atoms with Gasteiger partial charge in [-0.1, -0.05) is 53.9 Å². The lowest BCUT2D eigenvalue weighted by Crippen LogP contribution is -2.60. The predicted molar refractivity (Wildman–Crippen MR) is 212 cm³/mol. The number of carbonyl (C=O) groups is 2. The molecule has 1 aliphatic carbocycles. The third-order valence-corrected chi connectivity index (χ3v) is 10.8. The summed E-state index contributed by atoms with van der Waals surface area (Å²) in [4.78, 5) is 26.7. The second kappa shape index (κ2) is 21.0. The molecule has 0 bridgehead atoms. The summed E-state index contributed by atoms with van der Waals surface area (Å²) in [5.41, 5.74) is 1.67. The Hall–Kier alpha value is -2.48. The summed E-state index contributed by atoms with van der Waals surface area (Å²) in [6.07, 6.45) is 5.66. The number of hydrogen-bond acceptors (Lipinski definition) is 7. The molecule has 1 saturated carbocycles. The van der Waals surface area contributed by atoms with Crippen molar-refractivity contribution in [3.8, 4) is 0 Å². The number of halogens is 6. The number of likely N-dealkylation sites (tertiary alicyclic amines) is 1. The minimum Gasteiger partial charge on any atom is -0.444 e. The number of ketones is 1. The minimum absolute atomic E-state index is 0.00199. The van der Waals surface area contributed by atoms with E-state index in [2.05, 4.69) is 10.2 Å². The lowest BCUT2D eigenvalue weighted by molar-refractivity contribution is -0.179. The van der Waals surface area contributed by atoms with Gasteiger partial charge in [0.2, 0.25) is 0 Å². The van der Waals surface area contributed by atoms with Gasteiger partial charge < -0.3 is 24.4 Å². The van der Waals surface area contributed by atoms with Crippen molar-refractivity contribution in [2.45, 2.75) is 140 Å². The third kappa shape index (κ3) is 15.7. The van der Waals surface area contributed by atoms with E-state index in [0.717, 1.165) is 69.9 Å². The summed E-state index contributed by atoms with van der Waals surface area (Å²) in [5, 5.41) is 4.46. The molecule has 4 fully saturated rings. The first kappa shape index (κ1) is 46.2. The molecule has 3 saturated heterocycles. The van der Waals surface area contributed by atoms with Crippen LogP contribution in [0.25, 0.3) is 0 Å². The van der Waals surface area contributed by atoms with Crippen LogP contribution in [0.1, 0.15) is 90.7 Å². The van der Waals surface area contributed by atoms with Crippen molar-refractivity contribution in [3.63, 3.8) is 0 Å². The number of rotatable bonds is 7. The number of nitrogens with zero attached hydrogens (tertiary/aromatic N) is 2. The van der Waals surface area contributed by atoms with Gasteiger partial charge in [-0.25, -0.2) is 22.4 Å². The number of amides is 1. The van der Waals surface area contributed by atoms with Crippen LogP contribution in [0.15, 0.2) is 48.5 Å². The molecule has 8 nitrogen and oxygen atoms in total. The Morgan fingerprint density at radius 2 is 1.30 bits per heavy atom. The van der Waals surface area contributed by atoms with Crippen LogP contribution in [0.2, 0.25) is 10.0 Å². The van der Waals surface area contributed by atoms with E-state index in [1.54, 1.807) is 4.90 Å². The van der Waals surface area contributed by atoms with Crippen LogP contribution in [0.3, 0.4) is 0 Å². The van der Waals surface area contributed by atoms with E-state index < -0.39 is 29.7 Å². The maximum Gasteiger partial charge on any atom is 0.410 e. The first-order chi connectivity index (χ1) is 26.3. The summed E-state index contributed by atoms with van der Waals surface area (Å²) < 4.78 is 70.4. The van der Waals surface area contributed by atoms with Crippen molar-refractivity contribution in [2.24, 2.45) is 0 Å². The second-order valence-electron chi connectivity index (χ2n) is 16.5. The van der Waals surface area contributed by atoms with Gasteiger partial charge in [0.05, 0.1) is 13.2 Å². The standard InChI is InChI=1S/C23H33ClF2N2O3.C13H16ClF2NO.C6H10O/c1-22(2,3)31-21(29)27-11-9-18(10-12-27)28-14-20(23(4,25)26)30-15-19(28)13-16-5-7-17(24)8-6-16;1-13(15,16)12-7-17-11(8-18-12)6-9-2-4-10(14)5-3-9;7-6-4-2-1-3-5-6/h5-8,18-20H,9-15H2,1-4H3;2-5,11-12,17H,6-8H2,1H3;1-5H2/t19-,20+;11-,12+;/m00./s1. The van der Waals surface area contributed by atoms with Crippen molar-refractivity contribution >= 4 is 35.1 Å². The van der Waals surface area contributed by atoms with Crippen LogP contribution in [0, 0.1) is 0 Å². The number of benzene rings is 2. The number of Topliss-reactive ketones (excluding diaryl/α,β-unsaturated/α-hetero) is 1. The molecule has 3 aliphatic heterocycles. The normalized spacial score (nSPS) is 24.3. The van der Waals surface area contributed by atoms with Crippen molar-refractivity contribution in [2.75, 3.05) is 39.4 Å².